The van der Waals surface area contributed by atoms with Crippen LogP contribution >= 0.6 is 0 Å². The Kier molecular flexibility index (Phi) is 48.9. The summed E-state index contributed by atoms with van der Waals surface area (Å²) in [7, 11) is 5.88. The third-order valence-electron chi connectivity index (χ3n) is 11.2. The zero-order valence-corrected chi connectivity index (χ0v) is 45.5. The Morgan fingerprint density at radius 3 is 1.18 bits per heavy atom. The lowest BCUT2D eigenvalue weighted by Crippen LogP contribution is -2.44. The van der Waals surface area contributed by atoms with Crippen LogP contribution in [0.5, 0.6) is 0 Å². The molecule has 0 amide bonds. The molecule has 0 bridgehead atoms. The van der Waals surface area contributed by atoms with Crippen LogP contribution in [0.25, 0.3) is 0 Å². The summed E-state index contributed by atoms with van der Waals surface area (Å²) in [6.07, 6.45) is 69.8. The van der Waals surface area contributed by atoms with E-state index in [1.54, 1.807) is 0 Å². The number of esters is 2. The lowest BCUT2D eigenvalue weighted by molar-refractivity contribution is -0.870. The first-order valence-electron chi connectivity index (χ1n) is 27.7. The maximum Gasteiger partial charge on any atom is 0.306 e. The first-order chi connectivity index (χ1) is 34.6. The highest BCUT2D eigenvalue weighted by atomic mass is 16.7. The molecular weight excluding hydrogens is 887 g/mol. The number of aliphatic carboxylic acids is 1. The number of rotatable bonds is 49. The predicted octanol–water partition coefficient (Wildman–Crippen LogP) is 14.8. The molecule has 0 saturated heterocycles. The monoisotopic (exact) mass is 988 g/mol. The molecule has 0 aliphatic heterocycles. The first kappa shape index (κ1) is 66.7. The second-order valence-electron chi connectivity index (χ2n) is 19.1. The van der Waals surface area contributed by atoms with Gasteiger partial charge in [0.05, 0.1) is 40.3 Å². The average molecular weight is 988 g/mol. The van der Waals surface area contributed by atoms with Gasteiger partial charge in [0.15, 0.2) is 12.4 Å². The third kappa shape index (κ3) is 53.3. The molecule has 71 heavy (non-hydrogen) atoms. The number of unbranched alkanes of at least 4 members (excludes halogenated alkanes) is 14. The topological polar surface area (TPSA) is 111 Å². The van der Waals surface area contributed by atoms with E-state index in [2.05, 4.69) is 123 Å². The van der Waals surface area contributed by atoms with Crippen molar-refractivity contribution in [2.45, 2.75) is 206 Å². The minimum atomic E-state index is -1.65. The van der Waals surface area contributed by atoms with Gasteiger partial charge in [-0.05, 0) is 89.9 Å². The van der Waals surface area contributed by atoms with Crippen LogP contribution in [0.1, 0.15) is 194 Å². The normalized spacial score (nSPS) is 13.8. The van der Waals surface area contributed by atoms with Gasteiger partial charge in [0.25, 0.3) is 0 Å². The van der Waals surface area contributed by atoms with Crippen LogP contribution in [0.2, 0.25) is 0 Å². The number of carbonyl (C=O) groups is 3. The number of hydrogen-bond acceptors (Lipinski definition) is 8. The summed E-state index contributed by atoms with van der Waals surface area (Å²) in [6.45, 7) is 4.42. The van der Waals surface area contributed by atoms with Crippen molar-refractivity contribution < 1.29 is 42.9 Å². The van der Waals surface area contributed by atoms with Gasteiger partial charge in [0.2, 0.25) is 0 Å². The lowest BCUT2D eigenvalue weighted by atomic mass is 10.0. The van der Waals surface area contributed by atoms with Gasteiger partial charge in [-0.2, -0.15) is 0 Å². The van der Waals surface area contributed by atoms with E-state index in [4.69, 9.17) is 18.9 Å². The lowest BCUT2D eigenvalue weighted by Gasteiger charge is -2.26. The second kappa shape index (κ2) is 52.0. The van der Waals surface area contributed by atoms with Crippen molar-refractivity contribution in [2.24, 2.45) is 0 Å². The van der Waals surface area contributed by atoms with Crippen molar-refractivity contribution in [1.29, 1.82) is 0 Å². The smallest absolute Gasteiger partial charge is 0.306 e. The van der Waals surface area contributed by atoms with Crippen LogP contribution in [-0.4, -0.2) is 82.3 Å². The van der Waals surface area contributed by atoms with E-state index >= 15 is 0 Å². The Morgan fingerprint density at radius 1 is 0.423 bits per heavy atom. The van der Waals surface area contributed by atoms with Gasteiger partial charge in [-0.3, -0.25) is 9.59 Å². The van der Waals surface area contributed by atoms with Gasteiger partial charge in [0.1, 0.15) is 13.2 Å². The molecule has 9 nitrogen and oxygen atoms in total. The van der Waals surface area contributed by atoms with E-state index in [-0.39, 0.29) is 38.6 Å². The molecule has 0 aromatic carbocycles. The molecule has 0 aliphatic carbocycles. The highest BCUT2D eigenvalue weighted by molar-refractivity contribution is 5.70. The Morgan fingerprint density at radius 2 is 0.789 bits per heavy atom. The molecule has 0 rings (SSSR count). The van der Waals surface area contributed by atoms with E-state index < -0.39 is 24.3 Å². The van der Waals surface area contributed by atoms with E-state index in [0.717, 1.165) is 83.5 Å². The fraction of sp³-hybridized carbons (Fsp3) is 0.629. The molecule has 0 heterocycles. The maximum atomic E-state index is 12.8. The van der Waals surface area contributed by atoms with Gasteiger partial charge >= 0.3 is 11.9 Å². The summed E-state index contributed by atoms with van der Waals surface area (Å²) in [5.74, 6) is -2.41. The number of hydrogen-bond donors (Lipinski definition) is 0. The summed E-state index contributed by atoms with van der Waals surface area (Å²) in [4.78, 5) is 37.2. The van der Waals surface area contributed by atoms with Gasteiger partial charge < -0.3 is 33.3 Å². The fourth-order valence-corrected chi connectivity index (χ4v) is 7.02. The van der Waals surface area contributed by atoms with Crippen molar-refractivity contribution in [2.75, 3.05) is 47.5 Å². The zero-order chi connectivity index (χ0) is 52.0. The first-order valence-corrected chi connectivity index (χ1v) is 27.7. The molecule has 0 spiro atoms. The van der Waals surface area contributed by atoms with Gasteiger partial charge in [-0.25, -0.2) is 0 Å². The maximum absolute atomic E-state index is 12.8. The van der Waals surface area contributed by atoms with E-state index in [0.29, 0.717) is 17.4 Å². The summed E-state index contributed by atoms with van der Waals surface area (Å²) in [6, 6.07) is 0. The third-order valence-corrected chi connectivity index (χ3v) is 11.2. The molecule has 2 unspecified atom stereocenters. The number of carboxylic acid groups (broad SMARTS) is 1. The minimum absolute atomic E-state index is 0.116. The fourth-order valence-electron chi connectivity index (χ4n) is 7.02. The van der Waals surface area contributed by atoms with Gasteiger partial charge in [0, 0.05) is 12.8 Å². The second-order valence-corrected chi connectivity index (χ2v) is 19.1. The van der Waals surface area contributed by atoms with Crippen LogP contribution in [-0.2, 0) is 33.3 Å². The van der Waals surface area contributed by atoms with Gasteiger partial charge in [-0.15, -0.1) is 0 Å². The quantitative estimate of drug-likeness (QED) is 0.0195. The molecule has 0 saturated carbocycles. The van der Waals surface area contributed by atoms with Crippen LogP contribution in [0.4, 0.5) is 0 Å². The van der Waals surface area contributed by atoms with E-state index in [1.165, 1.54) is 77.0 Å². The summed E-state index contributed by atoms with van der Waals surface area (Å²) >= 11 is 0. The van der Waals surface area contributed by atoms with Crippen LogP contribution in [0.15, 0.2) is 122 Å². The Labute approximate surface area is 434 Å². The van der Waals surface area contributed by atoms with Crippen molar-refractivity contribution in [3.63, 3.8) is 0 Å². The number of carboxylic acids is 1. The molecule has 0 aromatic rings. The Bertz CT molecular complexity index is 1570. The number of carbonyl (C=O) groups excluding carboxylic acids is 3. The molecule has 0 N–H and O–H groups in total. The Balaban J connectivity index is 4.34. The molecular formula is C62H101NO8. The summed E-state index contributed by atoms with van der Waals surface area (Å²) < 4.78 is 22.6. The van der Waals surface area contributed by atoms with Crippen molar-refractivity contribution >= 4 is 17.9 Å². The minimum Gasteiger partial charge on any atom is -0.545 e. The molecule has 9 heteroatoms. The number of ether oxygens (including phenoxy) is 4. The number of likely N-dealkylation sites (N-methyl/N-ethyl adjacent to an activating group) is 1. The number of quaternary nitrogens is 1. The number of allylic oxidation sites excluding steroid dienone is 20. The van der Waals surface area contributed by atoms with Crippen molar-refractivity contribution in [3.05, 3.63) is 122 Å². The van der Waals surface area contributed by atoms with Gasteiger partial charge in [-0.1, -0.05) is 212 Å². The summed E-state index contributed by atoms with van der Waals surface area (Å²) in [5, 5.41) is 11.8. The van der Waals surface area contributed by atoms with Crippen LogP contribution < -0.4 is 5.11 Å². The highest BCUT2D eigenvalue weighted by Gasteiger charge is 2.21. The van der Waals surface area contributed by atoms with Crippen LogP contribution in [0.3, 0.4) is 0 Å². The highest BCUT2D eigenvalue weighted by Crippen LogP contribution is 2.15. The number of nitrogens with zero attached hydrogens (tertiary/aromatic N) is 1. The molecule has 0 fully saturated rings. The Hall–Kier alpha value is -4.31. The molecule has 402 valence electrons. The molecule has 0 aromatic heterocycles. The zero-order valence-electron chi connectivity index (χ0n) is 45.5. The molecule has 0 radical (unpaired) electrons. The van der Waals surface area contributed by atoms with Crippen molar-refractivity contribution in [3.8, 4) is 0 Å². The van der Waals surface area contributed by atoms with Crippen LogP contribution in [0, 0.1) is 0 Å². The van der Waals surface area contributed by atoms with E-state index in [1.807, 2.05) is 33.3 Å². The molecule has 0 aliphatic rings. The van der Waals surface area contributed by atoms with E-state index in [9.17, 15) is 19.5 Å². The molecule has 2 atom stereocenters. The summed E-state index contributed by atoms with van der Waals surface area (Å²) in [5.41, 5.74) is 0. The SMILES string of the molecule is CC/C=C\C/C=C\C/C=C\C/C=C\C/C=C\C/C=C\CCC(=O)OC(COC(=O)CCCCCCCCCCCCCCCC/C=C\C/C=C\C/C=C\C/C=C\CC)COC(OCC[N+](C)(C)C)C(=O)[O-]. The largest absolute Gasteiger partial charge is 0.545 e. The van der Waals surface area contributed by atoms with Crippen molar-refractivity contribution in [1.82, 2.24) is 0 Å². The predicted molar refractivity (Wildman–Crippen MR) is 296 cm³/mol. The average Bonchev–Trinajstić information content (AvgIpc) is 3.34. The standard InChI is InChI=1S/C62H101NO8/c1-6-8-10-12-14-16-18-20-22-24-26-27-28-29-30-31-32-33-35-36-38-40-42-44-46-48-50-52-59(64)69-56-58(57-70-62(61(66)67)68-55-54-63(3,4)5)71-60(65)53-51-49-47-45-43-41-39-37-34-25-23-21-19-17-15-13-11-9-7-2/h8-11,14-17,20-23,26-27,34,37,41,43,47,49,58,62H,6-7,12-13,18-19,24-25,28-33,35-36,38-40,42,44-46,48,50-57H2,1-5H3/b10-8-,11-9-,16-14-,17-15-,22-20-,23-21-,27-26-,37-34-,43-41-,49-47-.